The lowest BCUT2D eigenvalue weighted by Crippen LogP contribution is -2.35. The quantitative estimate of drug-likeness (QED) is 0.447. The van der Waals surface area contributed by atoms with Gasteiger partial charge in [0.25, 0.3) is 11.6 Å². The van der Waals surface area contributed by atoms with Crippen molar-refractivity contribution >= 4 is 27.3 Å². The number of nitro groups is 1. The van der Waals surface area contributed by atoms with Crippen molar-refractivity contribution in [3.8, 4) is 11.5 Å². The number of benzene rings is 2. The summed E-state index contributed by atoms with van der Waals surface area (Å²) in [5, 5.41) is 13.4. The number of rotatable bonds is 9. The summed E-state index contributed by atoms with van der Waals surface area (Å²) in [6.45, 7) is 2.55. The highest BCUT2D eigenvalue weighted by atomic mass is 32.2. The van der Waals surface area contributed by atoms with E-state index in [0.29, 0.717) is 19.7 Å². The second kappa shape index (κ2) is 10.4. The summed E-state index contributed by atoms with van der Waals surface area (Å²) in [5.74, 6) is -0.139. The molecule has 1 saturated heterocycles. The van der Waals surface area contributed by atoms with Crippen LogP contribution in [-0.4, -0.2) is 49.9 Å². The standard InChI is InChI=1S/C21H25N3O7S/c1-2-30-19-10-9-16(13-20(19)32(28,29)23-11-4-3-5-12-23)22-21(25)15-31-18-8-6-7-17(14-18)24(26)27/h6-10,13-14H,2-5,11-12,15H2,1H3,(H,22,25). The number of non-ortho nitro benzene ring substituents is 1. The third-order valence-electron chi connectivity index (χ3n) is 4.86. The highest BCUT2D eigenvalue weighted by Gasteiger charge is 2.29. The second-order valence-corrected chi connectivity index (χ2v) is 9.06. The molecular formula is C21H25N3O7S. The molecule has 0 unspecified atom stereocenters. The SMILES string of the molecule is CCOc1ccc(NC(=O)COc2cccc([N+](=O)[O-])c2)cc1S(=O)(=O)N1CCCCC1. The van der Waals surface area contributed by atoms with Crippen molar-refractivity contribution in [3.63, 3.8) is 0 Å². The molecule has 0 radical (unpaired) electrons. The van der Waals surface area contributed by atoms with E-state index in [2.05, 4.69) is 5.32 Å². The number of nitrogens with one attached hydrogen (secondary N) is 1. The van der Waals surface area contributed by atoms with Gasteiger partial charge in [0.2, 0.25) is 10.0 Å². The molecule has 11 heteroatoms. The average molecular weight is 464 g/mol. The summed E-state index contributed by atoms with van der Waals surface area (Å²) < 4.78 is 38.6. The van der Waals surface area contributed by atoms with Crippen LogP contribution in [0.1, 0.15) is 26.2 Å². The molecule has 32 heavy (non-hydrogen) atoms. The fourth-order valence-electron chi connectivity index (χ4n) is 3.34. The van der Waals surface area contributed by atoms with Crippen molar-refractivity contribution in [2.45, 2.75) is 31.1 Å². The van der Waals surface area contributed by atoms with Crippen LogP contribution in [0.4, 0.5) is 11.4 Å². The van der Waals surface area contributed by atoms with Crippen LogP contribution in [-0.2, 0) is 14.8 Å². The Morgan fingerprint density at radius 1 is 1.12 bits per heavy atom. The molecule has 1 heterocycles. The molecule has 3 rings (SSSR count). The van der Waals surface area contributed by atoms with E-state index in [0.717, 1.165) is 19.3 Å². The van der Waals surface area contributed by atoms with Crippen molar-refractivity contribution in [2.24, 2.45) is 0 Å². The van der Waals surface area contributed by atoms with E-state index in [1.165, 1.54) is 40.7 Å². The molecule has 0 saturated carbocycles. The number of ether oxygens (including phenoxy) is 2. The zero-order chi connectivity index (χ0) is 23.1. The van der Waals surface area contributed by atoms with Gasteiger partial charge in [0.1, 0.15) is 16.4 Å². The molecule has 0 atom stereocenters. The Balaban J connectivity index is 1.73. The summed E-state index contributed by atoms with van der Waals surface area (Å²) in [6.07, 6.45) is 2.59. The minimum Gasteiger partial charge on any atom is -0.492 e. The van der Waals surface area contributed by atoms with Crippen LogP contribution in [0.5, 0.6) is 11.5 Å². The van der Waals surface area contributed by atoms with Crippen LogP contribution in [0.25, 0.3) is 0 Å². The number of carbonyl (C=O) groups excluding carboxylic acids is 1. The van der Waals surface area contributed by atoms with Gasteiger partial charge in [-0.15, -0.1) is 0 Å². The van der Waals surface area contributed by atoms with Crippen LogP contribution in [0.2, 0.25) is 0 Å². The van der Waals surface area contributed by atoms with Crippen LogP contribution >= 0.6 is 0 Å². The molecule has 1 amide bonds. The fraction of sp³-hybridized carbons (Fsp3) is 0.381. The predicted molar refractivity (Wildman–Crippen MR) is 117 cm³/mol. The number of piperidine rings is 1. The maximum atomic E-state index is 13.2. The lowest BCUT2D eigenvalue weighted by atomic mass is 10.2. The van der Waals surface area contributed by atoms with E-state index in [9.17, 15) is 23.3 Å². The molecule has 0 aromatic heterocycles. The molecule has 1 aliphatic rings. The highest BCUT2D eigenvalue weighted by molar-refractivity contribution is 7.89. The van der Waals surface area contributed by atoms with Crippen LogP contribution in [0.15, 0.2) is 47.4 Å². The number of carbonyl (C=O) groups is 1. The summed E-state index contributed by atoms with van der Waals surface area (Å²) in [5.41, 5.74) is 0.124. The molecular weight excluding hydrogens is 438 g/mol. The van der Waals surface area contributed by atoms with Crippen molar-refractivity contribution in [1.29, 1.82) is 0 Å². The minimum atomic E-state index is -3.78. The Labute approximate surface area is 186 Å². The maximum Gasteiger partial charge on any atom is 0.273 e. The van der Waals surface area contributed by atoms with Crippen LogP contribution < -0.4 is 14.8 Å². The normalized spacial score (nSPS) is 14.5. The largest absolute Gasteiger partial charge is 0.492 e. The van der Waals surface area contributed by atoms with Gasteiger partial charge in [-0.25, -0.2) is 8.42 Å². The molecule has 2 aromatic carbocycles. The Morgan fingerprint density at radius 3 is 2.56 bits per heavy atom. The molecule has 0 bridgehead atoms. The minimum absolute atomic E-state index is 0.00125. The van der Waals surface area contributed by atoms with Crippen molar-refractivity contribution in [1.82, 2.24) is 4.31 Å². The van der Waals surface area contributed by atoms with Crippen LogP contribution in [0.3, 0.4) is 0 Å². The third kappa shape index (κ3) is 5.74. The van der Waals surface area contributed by atoms with Gasteiger partial charge in [-0.1, -0.05) is 12.5 Å². The fourth-order valence-corrected chi connectivity index (χ4v) is 5.01. The Morgan fingerprint density at radius 2 is 1.88 bits per heavy atom. The summed E-state index contributed by atoms with van der Waals surface area (Å²) in [6, 6.07) is 9.92. The van der Waals surface area contributed by atoms with E-state index < -0.39 is 27.5 Å². The van der Waals surface area contributed by atoms with Crippen molar-refractivity contribution < 1.29 is 27.6 Å². The smallest absolute Gasteiger partial charge is 0.273 e. The number of nitro benzene ring substituents is 1. The van der Waals surface area contributed by atoms with Gasteiger partial charge in [0, 0.05) is 24.8 Å². The van der Waals surface area contributed by atoms with E-state index in [1.54, 1.807) is 13.0 Å². The van der Waals surface area contributed by atoms with E-state index in [4.69, 9.17) is 9.47 Å². The van der Waals surface area contributed by atoms with Crippen molar-refractivity contribution in [3.05, 3.63) is 52.6 Å². The number of hydrogen-bond donors (Lipinski definition) is 1. The molecule has 2 aromatic rings. The molecule has 0 spiro atoms. The summed E-state index contributed by atoms with van der Waals surface area (Å²) >= 11 is 0. The van der Waals surface area contributed by atoms with Gasteiger partial charge in [0.15, 0.2) is 6.61 Å². The Kier molecular flexibility index (Phi) is 7.65. The van der Waals surface area contributed by atoms with Gasteiger partial charge < -0.3 is 14.8 Å². The number of anilines is 1. The van der Waals surface area contributed by atoms with E-state index in [1.807, 2.05) is 0 Å². The van der Waals surface area contributed by atoms with Gasteiger partial charge in [0.05, 0.1) is 17.6 Å². The lowest BCUT2D eigenvalue weighted by molar-refractivity contribution is -0.384. The van der Waals surface area contributed by atoms with E-state index in [-0.39, 0.29) is 27.8 Å². The van der Waals surface area contributed by atoms with Gasteiger partial charge >= 0.3 is 0 Å². The number of sulfonamides is 1. The first-order valence-electron chi connectivity index (χ1n) is 10.3. The first-order valence-corrected chi connectivity index (χ1v) is 11.7. The van der Waals surface area contributed by atoms with Crippen molar-refractivity contribution in [2.75, 3.05) is 31.6 Å². The highest BCUT2D eigenvalue weighted by Crippen LogP contribution is 2.31. The second-order valence-electron chi connectivity index (χ2n) is 7.15. The topological polar surface area (TPSA) is 128 Å². The molecule has 1 fully saturated rings. The monoisotopic (exact) mass is 463 g/mol. The third-order valence-corrected chi connectivity index (χ3v) is 6.78. The average Bonchev–Trinajstić information content (AvgIpc) is 2.79. The number of hydrogen-bond acceptors (Lipinski definition) is 7. The Hall–Kier alpha value is -3.18. The molecule has 1 N–H and O–H groups in total. The zero-order valence-corrected chi connectivity index (χ0v) is 18.5. The zero-order valence-electron chi connectivity index (χ0n) is 17.7. The lowest BCUT2D eigenvalue weighted by Gasteiger charge is -2.27. The number of nitrogens with zero attached hydrogens (tertiary/aromatic N) is 2. The number of amides is 1. The first kappa shape index (κ1) is 23.5. The summed E-state index contributed by atoms with van der Waals surface area (Å²) in [7, 11) is -3.78. The summed E-state index contributed by atoms with van der Waals surface area (Å²) in [4.78, 5) is 22.6. The molecule has 1 aliphatic heterocycles. The molecule has 0 aliphatic carbocycles. The van der Waals surface area contributed by atoms with Gasteiger partial charge in [-0.3, -0.25) is 14.9 Å². The molecule has 10 nitrogen and oxygen atoms in total. The molecule has 172 valence electrons. The maximum absolute atomic E-state index is 13.2. The van der Waals surface area contributed by atoms with Gasteiger partial charge in [-0.2, -0.15) is 4.31 Å². The van der Waals surface area contributed by atoms with E-state index >= 15 is 0 Å². The predicted octanol–water partition coefficient (Wildman–Crippen LogP) is 3.19. The Bertz CT molecular complexity index is 1080. The van der Waals surface area contributed by atoms with Crippen LogP contribution in [0, 0.1) is 10.1 Å². The first-order chi connectivity index (χ1) is 15.3. The van der Waals surface area contributed by atoms with Gasteiger partial charge in [-0.05, 0) is 44.0 Å².